The van der Waals surface area contributed by atoms with E-state index in [-0.39, 0.29) is 24.8 Å². The number of amides is 2. The number of carbonyl (C=O) groups excluding carboxylic acids is 2. The molecule has 2 aromatic rings. The number of hydrogen-bond donors (Lipinski definition) is 3. The number of halogens is 1. The van der Waals surface area contributed by atoms with Crippen LogP contribution in [0.15, 0.2) is 48.5 Å². The van der Waals surface area contributed by atoms with E-state index >= 15 is 0 Å². The Kier molecular flexibility index (Phi) is 7.63. The summed E-state index contributed by atoms with van der Waals surface area (Å²) in [5.41, 5.74) is 2.75. The predicted octanol–water partition coefficient (Wildman–Crippen LogP) is 1.42. The Balaban J connectivity index is 1.78. The zero-order chi connectivity index (χ0) is 18.9. The van der Waals surface area contributed by atoms with Crippen LogP contribution in [0.25, 0.3) is 0 Å². The van der Waals surface area contributed by atoms with E-state index in [1.807, 2.05) is 18.2 Å². The van der Waals surface area contributed by atoms with Gasteiger partial charge in [0, 0.05) is 25.1 Å². The Morgan fingerprint density at radius 3 is 2.31 bits per heavy atom. The van der Waals surface area contributed by atoms with Crippen LogP contribution in [-0.4, -0.2) is 32.5 Å². The SMILES string of the molecule is C[NH+](C)Cc1ccccc1CNC(=O)CCNC(=O)c1ccccc1Cl. The normalized spacial score (nSPS) is 10.6. The molecule has 0 bridgehead atoms. The van der Waals surface area contributed by atoms with E-state index in [1.165, 1.54) is 10.5 Å². The highest BCUT2D eigenvalue weighted by Crippen LogP contribution is 2.14. The summed E-state index contributed by atoms with van der Waals surface area (Å²) in [4.78, 5) is 25.4. The average Bonchev–Trinajstić information content (AvgIpc) is 2.61. The van der Waals surface area contributed by atoms with Crippen LogP contribution >= 0.6 is 11.6 Å². The molecule has 2 amide bonds. The smallest absolute Gasteiger partial charge is 0.252 e. The zero-order valence-corrected chi connectivity index (χ0v) is 15.9. The molecule has 5 nitrogen and oxygen atoms in total. The van der Waals surface area contributed by atoms with Crippen LogP contribution in [0.5, 0.6) is 0 Å². The topological polar surface area (TPSA) is 62.6 Å². The van der Waals surface area contributed by atoms with Crippen molar-refractivity contribution in [3.63, 3.8) is 0 Å². The van der Waals surface area contributed by atoms with Crippen LogP contribution in [0, 0.1) is 0 Å². The van der Waals surface area contributed by atoms with Crippen molar-refractivity contribution in [1.82, 2.24) is 10.6 Å². The molecule has 0 atom stereocenters. The van der Waals surface area contributed by atoms with Gasteiger partial charge in [-0.05, 0) is 17.7 Å². The van der Waals surface area contributed by atoms with E-state index in [4.69, 9.17) is 11.6 Å². The molecule has 138 valence electrons. The Labute approximate surface area is 159 Å². The maximum absolute atomic E-state index is 12.0. The van der Waals surface area contributed by atoms with Gasteiger partial charge in [0.2, 0.25) is 5.91 Å². The fourth-order valence-electron chi connectivity index (χ4n) is 2.60. The molecule has 6 heteroatoms. The standard InChI is InChI=1S/C20H24ClN3O2/c1-24(2)14-16-8-4-3-7-15(16)13-23-19(25)11-12-22-20(26)17-9-5-6-10-18(17)21/h3-10H,11-14H2,1-2H3,(H,22,26)(H,23,25)/p+1. The molecule has 0 saturated carbocycles. The summed E-state index contributed by atoms with van der Waals surface area (Å²) in [5.74, 6) is -0.376. The first-order chi connectivity index (χ1) is 12.5. The summed E-state index contributed by atoms with van der Waals surface area (Å²) in [6, 6.07) is 14.9. The summed E-state index contributed by atoms with van der Waals surface area (Å²) >= 11 is 5.99. The van der Waals surface area contributed by atoms with Gasteiger partial charge in [-0.1, -0.05) is 48.0 Å². The van der Waals surface area contributed by atoms with E-state index in [2.05, 4.69) is 30.8 Å². The van der Waals surface area contributed by atoms with Gasteiger partial charge in [0.1, 0.15) is 6.54 Å². The molecule has 0 saturated heterocycles. The minimum Gasteiger partial charge on any atom is -0.352 e. The maximum Gasteiger partial charge on any atom is 0.252 e. The zero-order valence-electron chi connectivity index (χ0n) is 15.1. The quantitative estimate of drug-likeness (QED) is 0.654. The molecule has 3 N–H and O–H groups in total. The molecule has 26 heavy (non-hydrogen) atoms. The Hall–Kier alpha value is -2.37. The molecule has 0 unspecified atom stereocenters. The van der Waals surface area contributed by atoms with Crippen molar-refractivity contribution in [1.29, 1.82) is 0 Å². The highest BCUT2D eigenvalue weighted by Gasteiger charge is 2.10. The number of nitrogens with one attached hydrogen (secondary N) is 3. The molecule has 0 aliphatic carbocycles. The fourth-order valence-corrected chi connectivity index (χ4v) is 2.82. The van der Waals surface area contributed by atoms with Crippen molar-refractivity contribution in [2.24, 2.45) is 0 Å². The highest BCUT2D eigenvalue weighted by molar-refractivity contribution is 6.33. The maximum atomic E-state index is 12.0. The fraction of sp³-hybridized carbons (Fsp3) is 0.300. The lowest BCUT2D eigenvalue weighted by Crippen LogP contribution is -3.04. The molecule has 0 aromatic heterocycles. The van der Waals surface area contributed by atoms with Gasteiger partial charge in [-0.3, -0.25) is 9.59 Å². The van der Waals surface area contributed by atoms with Crippen molar-refractivity contribution in [3.05, 3.63) is 70.2 Å². The van der Waals surface area contributed by atoms with Crippen LogP contribution < -0.4 is 15.5 Å². The number of carbonyl (C=O) groups is 2. The van der Waals surface area contributed by atoms with Crippen molar-refractivity contribution < 1.29 is 14.5 Å². The van der Waals surface area contributed by atoms with Crippen molar-refractivity contribution >= 4 is 23.4 Å². The van der Waals surface area contributed by atoms with E-state index in [0.29, 0.717) is 17.1 Å². The third kappa shape index (κ3) is 6.17. The number of quaternary nitrogens is 1. The molecule has 0 aliphatic heterocycles. The summed E-state index contributed by atoms with van der Waals surface area (Å²) in [6.45, 7) is 1.65. The van der Waals surface area contributed by atoms with Crippen LogP contribution in [0.2, 0.25) is 5.02 Å². The van der Waals surface area contributed by atoms with Crippen LogP contribution in [0.1, 0.15) is 27.9 Å². The van der Waals surface area contributed by atoms with Gasteiger partial charge in [-0.15, -0.1) is 0 Å². The van der Waals surface area contributed by atoms with Crippen molar-refractivity contribution in [2.45, 2.75) is 19.5 Å². The molecule has 0 aliphatic rings. The Morgan fingerprint density at radius 2 is 1.62 bits per heavy atom. The summed E-state index contributed by atoms with van der Waals surface area (Å²) in [7, 11) is 4.19. The lowest BCUT2D eigenvalue weighted by molar-refractivity contribution is -0.872. The van der Waals surface area contributed by atoms with Crippen molar-refractivity contribution in [2.75, 3.05) is 20.6 Å². The molecule has 2 aromatic carbocycles. The summed E-state index contributed by atoms with van der Waals surface area (Å²) < 4.78 is 0. The lowest BCUT2D eigenvalue weighted by Gasteiger charge is -2.13. The van der Waals surface area contributed by atoms with Crippen LogP contribution in [0.3, 0.4) is 0 Å². The van der Waals surface area contributed by atoms with Crippen LogP contribution in [-0.2, 0) is 17.9 Å². The Bertz CT molecular complexity index is 762. The van der Waals surface area contributed by atoms with Gasteiger partial charge >= 0.3 is 0 Å². The van der Waals surface area contributed by atoms with Gasteiger partial charge in [-0.25, -0.2) is 0 Å². The van der Waals surface area contributed by atoms with Gasteiger partial charge in [0.25, 0.3) is 5.91 Å². The van der Waals surface area contributed by atoms with E-state index < -0.39 is 0 Å². The first kappa shape index (κ1) is 19.9. The number of rotatable bonds is 8. The second kappa shape index (κ2) is 9.94. The molecular formula is C20H25ClN3O2+. The number of benzene rings is 2. The molecule has 0 radical (unpaired) electrons. The second-order valence-corrected chi connectivity index (χ2v) is 6.82. The first-order valence-electron chi connectivity index (χ1n) is 8.62. The molecular weight excluding hydrogens is 350 g/mol. The summed E-state index contributed by atoms with van der Waals surface area (Å²) in [5, 5.41) is 6.03. The van der Waals surface area contributed by atoms with E-state index in [9.17, 15) is 9.59 Å². The van der Waals surface area contributed by atoms with Gasteiger partial charge in [0.05, 0.1) is 24.7 Å². The minimum atomic E-state index is -0.275. The monoisotopic (exact) mass is 374 g/mol. The molecule has 0 spiro atoms. The first-order valence-corrected chi connectivity index (χ1v) is 9.00. The molecule has 2 rings (SSSR count). The van der Waals surface area contributed by atoms with Crippen LogP contribution in [0.4, 0.5) is 0 Å². The Morgan fingerprint density at radius 1 is 0.962 bits per heavy atom. The number of hydrogen-bond acceptors (Lipinski definition) is 2. The third-order valence-corrected chi connectivity index (χ3v) is 4.22. The van der Waals surface area contributed by atoms with Gasteiger partial charge in [0.15, 0.2) is 0 Å². The third-order valence-electron chi connectivity index (χ3n) is 3.89. The largest absolute Gasteiger partial charge is 0.352 e. The predicted molar refractivity (Wildman–Crippen MR) is 103 cm³/mol. The second-order valence-electron chi connectivity index (χ2n) is 6.42. The average molecular weight is 375 g/mol. The molecule has 0 heterocycles. The summed E-state index contributed by atoms with van der Waals surface area (Å²) in [6.07, 6.45) is 0.220. The lowest BCUT2D eigenvalue weighted by atomic mass is 10.1. The highest BCUT2D eigenvalue weighted by atomic mass is 35.5. The van der Waals surface area contributed by atoms with E-state index in [0.717, 1.165) is 12.1 Å². The van der Waals surface area contributed by atoms with E-state index in [1.54, 1.807) is 24.3 Å². The van der Waals surface area contributed by atoms with Crippen molar-refractivity contribution in [3.8, 4) is 0 Å². The van der Waals surface area contributed by atoms with Gasteiger partial charge in [-0.2, -0.15) is 0 Å². The molecule has 0 fully saturated rings. The van der Waals surface area contributed by atoms with Gasteiger partial charge < -0.3 is 15.5 Å². The minimum absolute atomic E-state index is 0.100.